The third kappa shape index (κ3) is 3.98. The first-order valence-corrected chi connectivity index (χ1v) is 9.37. The number of nitrogens with one attached hydrogen (secondary N) is 2. The van der Waals surface area contributed by atoms with Gasteiger partial charge in [0.1, 0.15) is 0 Å². The Morgan fingerprint density at radius 2 is 2.19 bits per heavy atom. The summed E-state index contributed by atoms with van der Waals surface area (Å²) in [6, 6.07) is 14.2. The number of aliphatic imine (C=N–C) groups is 1. The minimum absolute atomic E-state index is 0.324. The average Bonchev–Trinajstić information content (AvgIpc) is 3.32. The summed E-state index contributed by atoms with van der Waals surface area (Å²) in [5.41, 5.74) is 2.00. The Morgan fingerprint density at radius 1 is 1.26 bits per heavy atom. The van der Waals surface area contributed by atoms with Gasteiger partial charge in [0, 0.05) is 43.1 Å². The maximum atomic E-state index is 6.11. The summed E-state index contributed by atoms with van der Waals surface area (Å²) in [4.78, 5) is 6.68. The largest absolute Gasteiger partial charge is 0.369 e. The van der Waals surface area contributed by atoms with Gasteiger partial charge in [0.25, 0.3) is 0 Å². The molecule has 7 nitrogen and oxygen atoms in total. The van der Waals surface area contributed by atoms with E-state index in [0.717, 1.165) is 47.7 Å². The molecule has 0 radical (unpaired) electrons. The minimum Gasteiger partial charge on any atom is -0.369 e. The Labute approximate surface area is 163 Å². The average molecular weight is 384 g/mol. The second kappa shape index (κ2) is 7.84. The quantitative estimate of drug-likeness (QED) is 0.534. The van der Waals surface area contributed by atoms with Gasteiger partial charge in [-0.3, -0.25) is 9.39 Å². The number of hydrogen-bond donors (Lipinski definition) is 2. The Bertz CT molecular complexity index is 952. The van der Waals surface area contributed by atoms with E-state index in [2.05, 4.69) is 36.8 Å². The van der Waals surface area contributed by atoms with Gasteiger partial charge in [0.05, 0.1) is 6.54 Å². The molecule has 2 aromatic heterocycles. The Hall–Kier alpha value is -2.80. The van der Waals surface area contributed by atoms with Crippen LogP contribution in [0.4, 0.5) is 5.69 Å². The van der Waals surface area contributed by atoms with Crippen molar-refractivity contribution in [2.75, 3.05) is 25.0 Å². The highest BCUT2D eigenvalue weighted by molar-refractivity contribution is 6.30. The molecule has 8 heteroatoms. The van der Waals surface area contributed by atoms with E-state index >= 15 is 0 Å². The fourth-order valence-corrected chi connectivity index (χ4v) is 3.53. The van der Waals surface area contributed by atoms with Crippen molar-refractivity contribution in [2.24, 2.45) is 4.99 Å². The van der Waals surface area contributed by atoms with Crippen LogP contribution in [0.3, 0.4) is 0 Å². The zero-order valence-corrected chi connectivity index (χ0v) is 15.9. The molecule has 3 heterocycles. The molecule has 0 saturated carbocycles. The molecule has 1 atom stereocenters. The van der Waals surface area contributed by atoms with Gasteiger partial charge >= 0.3 is 0 Å². The molecule has 2 N–H and O–H groups in total. The first-order valence-electron chi connectivity index (χ1n) is 8.99. The van der Waals surface area contributed by atoms with Gasteiger partial charge < -0.3 is 15.5 Å². The first-order chi connectivity index (χ1) is 13.2. The fourth-order valence-electron chi connectivity index (χ4n) is 3.35. The van der Waals surface area contributed by atoms with E-state index in [1.54, 1.807) is 7.05 Å². The van der Waals surface area contributed by atoms with E-state index in [0.29, 0.717) is 12.6 Å². The highest BCUT2D eigenvalue weighted by Crippen LogP contribution is 2.23. The molecular formula is C19H22ClN7. The highest BCUT2D eigenvalue weighted by atomic mass is 35.5. The summed E-state index contributed by atoms with van der Waals surface area (Å²) in [5, 5.41) is 16.0. The van der Waals surface area contributed by atoms with Crippen LogP contribution < -0.4 is 15.5 Å². The number of guanidine groups is 1. The summed E-state index contributed by atoms with van der Waals surface area (Å²) >= 11 is 6.11. The molecule has 0 spiro atoms. The number of aromatic nitrogens is 3. The number of anilines is 1. The minimum atomic E-state index is 0.324. The van der Waals surface area contributed by atoms with Gasteiger partial charge in [0.2, 0.25) is 0 Å². The molecule has 3 aromatic rings. The van der Waals surface area contributed by atoms with Gasteiger partial charge in [-0.05, 0) is 36.8 Å². The molecule has 0 aliphatic carbocycles. The third-order valence-electron chi connectivity index (χ3n) is 4.72. The van der Waals surface area contributed by atoms with Crippen LogP contribution in [-0.4, -0.2) is 46.7 Å². The smallest absolute Gasteiger partial charge is 0.191 e. The lowest BCUT2D eigenvalue weighted by Crippen LogP contribution is -2.44. The van der Waals surface area contributed by atoms with Crippen molar-refractivity contribution in [1.29, 1.82) is 0 Å². The summed E-state index contributed by atoms with van der Waals surface area (Å²) in [6.07, 6.45) is 3.00. The Kier molecular flexibility index (Phi) is 5.11. The molecule has 1 unspecified atom stereocenters. The molecule has 4 rings (SSSR count). The molecular weight excluding hydrogens is 362 g/mol. The van der Waals surface area contributed by atoms with Crippen molar-refractivity contribution in [3.8, 4) is 0 Å². The van der Waals surface area contributed by atoms with Crippen molar-refractivity contribution in [1.82, 2.24) is 25.2 Å². The monoisotopic (exact) mass is 383 g/mol. The molecule has 1 aromatic carbocycles. The van der Waals surface area contributed by atoms with Crippen LogP contribution >= 0.6 is 11.6 Å². The summed E-state index contributed by atoms with van der Waals surface area (Å²) in [6.45, 7) is 2.45. The van der Waals surface area contributed by atoms with E-state index in [9.17, 15) is 0 Å². The number of halogens is 1. The van der Waals surface area contributed by atoms with Crippen molar-refractivity contribution >= 4 is 28.9 Å². The van der Waals surface area contributed by atoms with Crippen LogP contribution in [0.5, 0.6) is 0 Å². The Morgan fingerprint density at radius 3 is 3.04 bits per heavy atom. The van der Waals surface area contributed by atoms with Crippen LogP contribution in [-0.2, 0) is 6.54 Å². The molecule has 0 amide bonds. The van der Waals surface area contributed by atoms with Gasteiger partial charge in [-0.25, -0.2) is 0 Å². The van der Waals surface area contributed by atoms with E-state index in [1.165, 1.54) is 0 Å². The third-order valence-corrected chi connectivity index (χ3v) is 4.96. The lowest BCUT2D eigenvalue weighted by atomic mass is 10.3. The lowest BCUT2D eigenvalue weighted by Gasteiger charge is -2.20. The molecule has 1 fully saturated rings. The van der Waals surface area contributed by atoms with E-state index in [4.69, 9.17) is 11.6 Å². The summed E-state index contributed by atoms with van der Waals surface area (Å²) in [5.74, 6) is 1.61. The van der Waals surface area contributed by atoms with E-state index < -0.39 is 0 Å². The van der Waals surface area contributed by atoms with Gasteiger partial charge in [-0.15, -0.1) is 10.2 Å². The molecule has 27 heavy (non-hydrogen) atoms. The topological polar surface area (TPSA) is 69.8 Å². The Balaban J connectivity index is 1.34. The van der Waals surface area contributed by atoms with E-state index in [-0.39, 0.29) is 0 Å². The predicted octanol–water partition coefficient (Wildman–Crippen LogP) is 2.33. The van der Waals surface area contributed by atoms with Crippen molar-refractivity contribution in [2.45, 2.75) is 19.0 Å². The molecule has 1 aliphatic heterocycles. The van der Waals surface area contributed by atoms with Crippen LogP contribution in [0.25, 0.3) is 5.65 Å². The summed E-state index contributed by atoms with van der Waals surface area (Å²) < 4.78 is 1.97. The number of benzene rings is 1. The predicted molar refractivity (Wildman–Crippen MR) is 108 cm³/mol. The van der Waals surface area contributed by atoms with Gasteiger partial charge in [-0.1, -0.05) is 23.7 Å². The second-order valence-corrected chi connectivity index (χ2v) is 6.96. The highest BCUT2D eigenvalue weighted by Gasteiger charge is 2.23. The van der Waals surface area contributed by atoms with Crippen molar-refractivity contribution in [3.63, 3.8) is 0 Å². The van der Waals surface area contributed by atoms with Crippen LogP contribution in [0.2, 0.25) is 5.02 Å². The van der Waals surface area contributed by atoms with Gasteiger partial charge in [0.15, 0.2) is 17.4 Å². The molecule has 0 bridgehead atoms. The molecule has 1 aliphatic rings. The zero-order chi connectivity index (χ0) is 18.6. The SMILES string of the molecule is CN=C(NCc1nnc2ccccn12)NC1CCN(c2cccc(Cl)c2)C1. The number of hydrogen-bond acceptors (Lipinski definition) is 4. The van der Waals surface area contributed by atoms with Crippen LogP contribution in [0.1, 0.15) is 12.2 Å². The number of nitrogens with zero attached hydrogens (tertiary/aromatic N) is 5. The molecule has 1 saturated heterocycles. The van der Waals surface area contributed by atoms with Crippen LogP contribution in [0, 0.1) is 0 Å². The second-order valence-electron chi connectivity index (χ2n) is 6.53. The number of fused-ring (bicyclic) bond motifs is 1. The lowest BCUT2D eigenvalue weighted by molar-refractivity contribution is 0.644. The number of pyridine rings is 1. The number of rotatable bonds is 4. The first kappa shape index (κ1) is 17.6. The fraction of sp³-hybridized carbons (Fsp3) is 0.316. The normalized spacial score (nSPS) is 17.5. The van der Waals surface area contributed by atoms with E-state index in [1.807, 2.05) is 47.0 Å². The van der Waals surface area contributed by atoms with Gasteiger partial charge in [-0.2, -0.15) is 0 Å². The van der Waals surface area contributed by atoms with Crippen LogP contribution in [0.15, 0.2) is 53.7 Å². The summed E-state index contributed by atoms with van der Waals surface area (Å²) in [7, 11) is 1.78. The zero-order valence-electron chi connectivity index (χ0n) is 15.1. The molecule has 140 valence electrons. The standard InChI is InChI=1S/C19H22ClN7/c1-21-19(22-12-18-25-24-17-7-2-3-9-27(17)18)23-15-8-10-26(13-15)16-6-4-5-14(20)11-16/h2-7,9,11,15H,8,10,12-13H2,1H3,(H2,21,22,23). The van der Waals surface area contributed by atoms with Crippen molar-refractivity contribution in [3.05, 3.63) is 59.5 Å². The maximum Gasteiger partial charge on any atom is 0.191 e. The van der Waals surface area contributed by atoms with Crippen molar-refractivity contribution < 1.29 is 0 Å². The maximum absolute atomic E-state index is 6.11.